The Kier molecular flexibility index (Phi) is 10.0. The summed E-state index contributed by atoms with van der Waals surface area (Å²) in [6.45, 7) is 24.7. The van der Waals surface area contributed by atoms with Crippen molar-refractivity contribution in [2.75, 3.05) is 7.05 Å². The van der Waals surface area contributed by atoms with Gasteiger partial charge in [0.25, 0.3) is 0 Å². The van der Waals surface area contributed by atoms with Crippen molar-refractivity contribution in [1.29, 1.82) is 0 Å². The Morgan fingerprint density at radius 2 is 1.08 bits per heavy atom. The minimum absolute atomic E-state index is 0.359. The summed E-state index contributed by atoms with van der Waals surface area (Å²) in [6.07, 6.45) is 0.932. The Labute approximate surface area is 237 Å². The number of aliphatic imine (C=N–C) groups is 2. The van der Waals surface area contributed by atoms with E-state index in [9.17, 15) is 0 Å². The predicted molar refractivity (Wildman–Crippen MR) is 171 cm³/mol. The fraction of sp³-hybridized carbons (Fsp3) is 0.472. The van der Waals surface area contributed by atoms with E-state index in [1.807, 2.05) is 25.1 Å². The lowest BCUT2D eigenvalue weighted by atomic mass is 9.85. The third-order valence-electron chi connectivity index (χ3n) is 7.78. The highest BCUT2D eigenvalue weighted by Crippen LogP contribution is 2.38. The zero-order valence-corrected chi connectivity index (χ0v) is 26.4. The zero-order chi connectivity index (χ0) is 29.0. The summed E-state index contributed by atoms with van der Waals surface area (Å²) in [4.78, 5) is 14.4. The summed E-state index contributed by atoms with van der Waals surface area (Å²) in [6, 6.07) is 15.8. The standard InChI is InChI=1S/C36H49N3/c1-21(2)30-17-28(18-31(22(3)4)25(30)9)16-29-19-32(23(5)6)36(33(20-29)24(7)8)38-27(11)35-15-13-14-34(39-35)26(10)37-12/h13-15,17-24H,16H2,1-12H3. The van der Waals surface area contributed by atoms with Gasteiger partial charge in [0.2, 0.25) is 0 Å². The van der Waals surface area contributed by atoms with Crippen LogP contribution in [0.15, 0.2) is 52.4 Å². The van der Waals surface area contributed by atoms with Crippen LogP contribution in [-0.2, 0) is 6.42 Å². The third-order valence-corrected chi connectivity index (χ3v) is 7.78. The van der Waals surface area contributed by atoms with Crippen LogP contribution in [0.5, 0.6) is 0 Å². The molecule has 0 saturated carbocycles. The van der Waals surface area contributed by atoms with Gasteiger partial charge in [0, 0.05) is 7.05 Å². The second kappa shape index (κ2) is 12.9. The van der Waals surface area contributed by atoms with Crippen LogP contribution in [0, 0.1) is 6.92 Å². The van der Waals surface area contributed by atoms with Gasteiger partial charge in [-0.2, -0.15) is 0 Å². The summed E-state index contributed by atoms with van der Waals surface area (Å²) in [5.74, 6) is 1.75. The summed E-state index contributed by atoms with van der Waals surface area (Å²) in [5.41, 5.74) is 14.5. The first kappa shape index (κ1) is 30.5. The molecule has 3 nitrogen and oxygen atoms in total. The van der Waals surface area contributed by atoms with Crippen LogP contribution in [0.3, 0.4) is 0 Å². The number of hydrogen-bond donors (Lipinski definition) is 0. The molecular weight excluding hydrogens is 474 g/mol. The largest absolute Gasteiger partial charge is 0.291 e. The molecule has 0 fully saturated rings. The average Bonchev–Trinajstić information content (AvgIpc) is 2.88. The molecule has 0 bridgehead atoms. The van der Waals surface area contributed by atoms with E-state index in [0.717, 1.165) is 34.9 Å². The lowest BCUT2D eigenvalue weighted by Crippen LogP contribution is -2.06. The normalized spacial score (nSPS) is 12.9. The van der Waals surface area contributed by atoms with Gasteiger partial charge in [-0.3, -0.25) is 9.98 Å². The molecule has 208 valence electrons. The molecule has 0 spiro atoms. The Morgan fingerprint density at radius 1 is 0.667 bits per heavy atom. The monoisotopic (exact) mass is 523 g/mol. The molecule has 0 radical (unpaired) electrons. The highest BCUT2D eigenvalue weighted by atomic mass is 14.8. The van der Waals surface area contributed by atoms with Gasteiger partial charge in [0.05, 0.1) is 28.5 Å². The number of aromatic nitrogens is 1. The fourth-order valence-corrected chi connectivity index (χ4v) is 5.39. The van der Waals surface area contributed by atoms with Crippen molar-refractivity contribution in [3.05, 3.63) is 92.8 Å². The Hall–Kier alpha value is -3.07. The molecule has 0 amide bonds. The van der Waals surface area contributed by atoms with E-state index >= 15 is 0 Å². The van der Waals surface area contributed by atoms with Crippen LogP contribution in [0.1, 0.15) is 143 Å². The summed E-state index contributed by atoms with van der Waals surface area (Å²) in [5, 5.41) is 0. The first-order valence-electron chi connectivity index (χ1n) is 14.6. The molecule has 0 aliphatic rings. The van der Waals surface area contributed by atoms with Gasteiger partial charge < -0.3 is 0 Å². The van der Waals surface area contributed by atoms with Crippen molar-refractivity contribution in [3.63, 3.8) is 0 Å². The molecule has 1 aromatic heterocycles. The lowest BCUT2D eigenvalue weighted by Gasteiger charge is -2.22. The molecule has 0 unspecified atom stereocenters. The van der Waals surface area contributed by atoms with E-state index in [-0.39, 0.29) is 0 Å². The van der Waals surface area contributed by atoms with Crippen molar-refractivity contribution >= 4 is 17.1 Å². The molecule has 39 heavy (non-hydrogen) atoms. The third kappa shape index (κ3) is 7.12. The first-order valence-corrected chi connectivity index (χ1v) is 14.6. The minimum atomic E-state index is 0.359. The van der Waals surface area contributed by atoms with Crippen molar-refractivity contribution in [2.45, 2.75) is 106 Å². The molecule has 3 rings (SSSR count). The van der Waals surface area contributed by atoms with Gasteiger partial charge in [-0.25, -0.2) is 4.98 Å². The number of nitrogens with zero attached hydrogens (tertiary/aromatic N) is 3. The zero-order valence-electron chi connectivity index (χ0n) is 26.4. The number of hydrogen-bond acceptors (Lipinski definition) is 3. The van der Waals surface area contributed by atoms with Crippen LogP contribution >= 0.6 is 0 Å². The Morgan fingerprint density at radius 3 is 1.49 bits per heavy atom. The summed E-state index contributed by atoms with van der Waals surface area (Å²) in [7, 11) is 1.81. The number of pyridine rings is 1. The average molecular weight is 524 g/mol. The Balaban J connectivity index is 2.14. The lowest BCUT2D eigenvalue weighted by molar-refractivity contribution is 0.810. The van der Waals surface area contributed by atoms with Gasteiger partial charge in [-0.15, -0.1) is 0 Å². The molecule has 0 N–H and O–H groups in total. The fourth-order valence-electron chi connectivity index (χ4n) is 5.39. The van der Waals surface area contributed by atoms with E-state index in [2.05, 4.69) is 98.5 Å². The van der Waals surface area contributed by atoms with E-state index in [1.54, 1.807) is 7.05 Å². The molecule has 0 aliphatic heterocycles. The molecule has 0 aliphatic carbocycles. The van der Waals surface area contributed by atoms with Gasteiger partial charge in [0.1, 0.15) is 0 Å². The highest BCUT2D eigenvalue weighted by Gasteiger charge is 2.18. The van der Waals surface area contributed by atoms with Crippen molar-refractivity contribution in [3.8, 4) is 0 Å². The maximum Gasteiger partial charge on any atom is 0.0849 e. The predicted octanol–water partition coefficient (Wildman–Crippen LogP) is 10.1. The second-order valence-electron chi connectivity index (χ2n) is 12.2. The van der Waals surface area contributed by atoms with Crippen LogP contribution in [-0.4, -0.2) is 23.5 Å². The van der Waals surface area contributed by atoms with E-state index < -0.39 is 0 Å². The van der Waals surface area contributed by atoms with Gasteiger partial charge in [0.15, 0.2) is 0 Å². The summed E-state index contributed by atoms with van der Waals surface area (Å²) >= 11 is 0. The number of benzene rings is 2. The van der Waals surface area contributed by atoms with Crippen molar-refractivity contribution in [2.24, 2.45) is 9.98 Å². The second-order valence-corrected chi connectivity index (χ2v) is 12.2. The van der Waals surface area contributed by atoms with E-state index in [1.165, 1.54) is 38.9 Å². The molecule has 0 saturated heterocycles. The molecule has 1 heterocycles. The molecular formula is C36H49N3. The molecule has 3 heteroatoms. The van der Waals surface area contributed by atoms with E-state index in [4.69, 9.17) is 9.98 Å². The van der Waals surface area contributed by atoms with Crippen molar-refractivity contribution in [1.82, 2.24) is 4.98 Å². The molecule has 2 aromatic carbocycles. The van der Waals surface area contributed by atoms with Crippen LogP contribution in [0.4, 0.5) is 5.69 Å². The first-order chi connectivity index (χ1) is 18.3. The maximum atomic E-state index is 5.25. The Bertz CT molecular complexity index is 1310. The van der Waals surface area contributed by atoms with E-state index in [0.29, 0.717) is 23.7 Å². The maximum absolute atomic E-state index is 5.25. The SMILES string of the molecule is CN=C(C)c1cccc(C(C)=Nc2c(C(C)C)cc(Cc3cc(C(C)C)c(C)c(C(C)C)c3)cc2C(C)C)n1. The van der Waals surface area contributed by atoms with Gasteiger partial charge in [-0.1, -0.05) is 85.7 Å². The quantitative estimate of drug-likeness (QED) is 0.257. The van der Waals surface area contributed by atoms with Crippen molar-refractivity contribution < 1.29 is 0 Å². The van der Waals surface area contributed by atoms with Crippen LogP contribution in [0.25, 0.3) is 0 Å². The van der Waals surface area contributed by atoms with Crippen LogP contribution < -0.4 is 0 Å². The van der Waals surface area contributed by atoms with Gasteiger partial charge in [-0.05, 0) is 102 Å². The number of rotatable bonds is 9. The molecule has 0 atom stereocenters. The van der Waals surface area contributed by atoms with Gasteiger partial charge >= 0.3 is 0 Å². The highest BCUT2D eigenvalue weighted by molar-refractivity contribution is 6.01. The summed E-state index contributed by atoms with van der Waals surface area (Å²) < 4.78 is 0. The smallest absolute Gasteiger partial charge is 0.0849 e. The minimum Gasteiger partial charge on any atom is -0.291 e. The molecule has 3 aromatic rings. The van der Waals surface area contributed by atoms with Crippen LogP contribution in [0.2, 0.25) is 0 Å². The topological polar surface area (TPSA) is 37.6 Å².